The first kappa shape index (κ1) is 103. The number of aromatic amines is 1. The second-order valence-corrected chi connectivity index (χ2v) is 40.1. The number of urea groups is 2. The van der Waals surface area contributed by atoms with Gasteiger partial charge in [-0.15, -0.1) is 0 Å². The van der Waals surface area contributed by atoms with Crippen LogP contribution in [0, 0.1) is 23.7 Å². The Balaban J connectivity index is 0.000000122. The average Bonchev–Trinajstić information content (AvgIpc) is 1.70. The molecule has 5 unspecified atom stereocenters. The molecule has 1 aliphatic carbocycles. The van der Waals surface area contributed by atoms with Gasteiger partial charge >= 0.3 is 12.1 Å². The Morgan fingerprint density at radius 2 is 0.765 bits per heavy atom. The second-order valence-electron chi connectivity index (χ2n) is 36.6. The minimum Gasteiger partial charge on any atom is -0.356 e. The number of anilines is 5. The van der Waals surface area contributed by atoms with Crippen molar-refractivity contribution in [1.82, 2.24) is 154 Å². The van der Waals surface area contributed by atoms with Gasteiger partial charge in [-0.1, -0.05) is 0 Å². The molecule has 0 aromatic carbocycles. The molecule has 21 heterocycles. The lowest BCUT2D eigenvalue weighted by Crippen LogP contribution is -2.47. The number of primary sulfonamides is 1. The number of hydrogen-bond donors (Lipinski definition) is 7. The van der Waals surface area contributed by atoms with Gasteiger partial charge in [-0.2, -0.15) is 30.6 Å². The Hall–Kier alpha value is -15.6. The molecule has 5 atom stereocenters. The van der Waals surface area contributed by atoms with Gasteiger partial charge in [0.2, 0.25) is 20.0 Å². The second kappa shape index (κ2) is 45.8. The maximum Gasteiger partial charge on any atom is 0.315 e. The number of imidazole rings is 5. The minimum absolute atomic E-state index is 0.0354. The molecule has 4 amide bonds. The zero-order chi connectivity index (χ0) is 104. The van der Waals surface area contributed by atoms with Crippen molar-refractivity contribution in [2.75, 3.05) is 109 Å². The third-order valence-corrected chi connectivity index (χ3v) is 27.8. The Morgan fingerprint density at radius 1 is 0.403 bits per heavy atom. The zero-order valence-electron chi connectivity index (χ0n) is 80.1. The SMILES string of the molecule is CC1C(CNS(C)(=O)=O)CCCN1c1cc(-c2cnc3ccc(C(F)F)nn23)ncn1.FC(F)c1ccc2ncc(-c3cc(N4CCC(Cc5ccn[nH]5)CC4)ncn3)n2n1.NC(=O)NCC1CCCN(c2cc(-c3cnc4ccc(C(F)F)nn34)ncn2)C1.NS(=O)(=O)CC1CCCN(c2cc(-c3cnc4ccc(C(F)F)nn34)ncn2)C1.O=C(NC1CC1)NC1CCN(c2cc(-c3cnc4ccc(C(F)F)nn34)ncn2)C1. The molecule has 5 saturated heterocycles. The van der Waals surface area contributed by atoms with Gasteiger partial charge in [0, 0.05) is 132 Å². The lowest BCUT2D eigenvalue weighted by Gasteiger charge is -2.40. The van der Waals surface area contributed by atoms with Gasteiger partial charge in [0.25, 0.3) is 32.1 Å². The van der Waals surface area contributed by atoms with E-state index in [-0.39, 0.29) is 70.1 Å². The number of sulfonamides is 2. The van der Waals surface area contributed by atoms with Gasteiger partial charge in [-0.25, -0.2) is 178 Å². The summed E-state index contributed by atoms with van der Waals surface area (Å²) in [7, 11) is -6.81. The van der Waals surface area contributed by atoms with Crippen molar-refractivity contribution in [3.05, 3.63) is 200 Å². The van der Waals surface area contributed by atoms with E-state index in [9.17, 15) is 70.3 Å². The number of halogens is 10. The van der Waals surface area contributed by atoms with E-state index in [0.29, 0.717) is 141 Å². The molecule has 9 N–H and O–H groups in total. The van der Waals surface area contributed by atoms with Crippen molar-refractivity contribution in [2.45, 2.75) is 134 Å². The van der Waals surface area contributed by atoms with Crippen LogP contribution in [0.2, 0.25) is 0 Å². The Kier molecular flexibility index (Phi) is 31.8. The van der Waals surface area contributed by atoms with Gasteiger partial charge in [0.05, 0.1) is 71.5 Å². The fraction of sp³-hybridized carbons (Fsp3) is 0.409. The van der Waals surface area contributed by atoms with Crippen LogP contribution in [0.5, 0.6) is 0 Å². The zero-order valence-corrected chi connectivity index (χ0v) is 81.7. The number of piperidine rings is 4. The van der Waals surface area contributed by atoms with Gasteiger partial charge in [0.1, 0.15) is 118 Å². The van der Waals surface area contributed by atoms with Crippen LogP contribution in [0.1, 0.15) is 144 Å². The maximum atomic E-state index is 13.1. The van der Waals surface area contributed by atoms with Crippen molar-refractivity contribution in [2.24, 2.45) is 34.5 Å². The number of nitrogens with two attached hydrogens (primary N) is 2. The van der Waals surface area contributed by atoms with Crippen LogP contribution < -0.4 is 56.0 Å². The van der Waals surface area contributed by atoms with Crippen molar-refractivity contribution in [3.8, 4) is 56.9 Å². The van der Waals surface area contributed by atoms with Crippen LogP contribution in [0.4, 0.5) is 82.6 Å². The van der Waals surface area contributed by atoms with Crippen molar-refractivity contribution in [1.29, 1.82) is 0 Å². The number of aromatic nitrogens is 27. The van der Waals surface area contributed by atoms with Gasteiger partial charge in [-0.05, 0) is 174 Å². The first-order valence-corrected chi connectivity index (χ1v) is 51.4. The Labute approximate surface area is 843 Å². The van der Waals surface area contributed by atoms with Crippen molar-refractivity contribution in [3.63, 3.8) is 0 Å². The van der Waals surface area contributed by atoms with E-state index < -0.39 is 58.2 Å². The normalized spacial score (nSPS) is 17.9. The number of H-pyrrole nitrogens is 1. The molecule has 16 aromatic heterocycles. The molecule has 6 aliphatic rings. The molecule has 782 valence electrons. The van der Waals surface area contributed by atoms with E-state index in [2.05, 4.69) is 151 Å². The molecule has 16 aromatic rings. The smallest absolute Gasteiger partial charge is 0.315 e. The first-order chi connectivity index (χ1) is 71.8. The highest BCUT2D eigenvalue weighted by Gasteiger charge is 2.35. The number of carbonyl (C=O) groups is 2. The van der Waals surface area contributed by atoms with Gasteiger partial charge in [0.15, 0.2) is 28.2 Å². The van der Waals surface area contributed by atoms with Gasteiger partial charge in [-0.3, -0.25) is 5.10 Å². The number of fused-ring (bicyclic) bond motifs is 5. The first-order valence-electron chi connectivity index (χ1n) is 47.8. The number of nitrogens with zero attached hydrogens (tertiary/aromatic N) is 31. The van der Waals surface area contributed by atoms with E-state index in [0.717, 1.165) is 141 Å². The number of nitrogens with one attached hydrogen (secondary N) is 5. The molecule has 6 fully saturated rings. The fourth-order valence-electron chi connectivity index (χ4n) is 18.5. The summed E-state index contributed by atoms with van der Waals surface area (Å²) >= 11 is 0. The highest BCUT2D eigenvalue weighted by atomic mass is 32.2. The molecule has 0 spiro atoms. The lowest BCUT2D eigenvalue weighted by atomic mass is 9.90. The topological polar surface area (TPSA) is 527 Å². The Bertz CT molecular complexity index is 7610. The largest absolute Gasteiger partial charge is 0.356 e. The standard InChI is InChI=1S/C20H20F2N8.C19H20F2N8O.C19H23F2N7O2S.C18H20F2N8O.C17H19F2N7O2S/c21-20(22)15-1-2-18-23-11-17(30(18)28-15)16-10-19(25-12-24-16)29-7-4-13(5-8-29)9-14-3-6-26-27-14;20-18(21)13-3-4-16-22-8-15(29(16)27-13)14-7-17(24-10-23-14)28-6-5-12(9-28)26-19(30)25-11-1-2-11;1-12-13(9-25-31(2,29)30)4-3-7-27(12)18-8-15(23-11-24-18)16-10-22-17-6-5-14(19(20)21)26-28(16)17;19-17(20)12-3-4-15-22-8-14(28(15)26-12)13-6-16(25-10-24-13)27-5-1-2-11(9-27)7-23-18(21)29;18-17(19)12-3-4-15-21-7-14(26(15)24-12)13-6-16(23-10-22-13)25-5-1-2-11(8-25)9-29(20,27)28/h1-3,6,10-13,20H,4-5,7-9H2,(H,26,27);3-4,7-8,10-12,18H,1-2,5-6,9H2,(H2,25,26,30);5-6,8,10-13,19,25H,3-4,7,9H2,1-2H3;3-4,6,8,10-11,17H,1-2,5,7,9H2,(H3,21,23,29);3-4,6-7,10-11,17H,1-2,5,8-9H2,(H2,20,27,28). The van der Waals surface area contributed by atoms with E-state index in [1.165, 1.54) is 127 Å². The summed E-state index contributed by atoms with van der Waals surface area (Å²) in [6, 6.07) is 24.5. The molecular weight excluding hydrogens is 2000 g/mol. The molecule has 149 heavy (non-hydrogen) atoms. The minimum atomic E-state index is -3.55. The molecule has 0 bridgehead atoms. The van der Waals surface area contributed by atoms with Crippen LogP contribution in [0.25, 0.3) is 85.2 Å². The summed E-state index contributed by atoms with van der Waals surface area (Å²) in [5.74, 6) is 4.39. The van der Waals surface area contributed by atoms with Crippen LogP contribution in [-0.2, 0) is 26.5 Å². The van der Waals surface area contributed by atoms with Crippen molar-refractivity contribution < 1.29 is 70.3 Å². The number of primary amides is 1. The number of rotatable bonds is 26. The summed E-state index contributed by atoms with van der Waals surface area (Å²) in [5.41, 5.74) is 12.2. The number of alkyl halides is 10. The van der Waals surface area contributed by atoms with E-state index in [1.807, 2.05) is 24.0 Å². The summed E-state index contributed by atoms with van der Waals surface area (Å²) in [6.45, 7) is 9.63. The molecule has 22 rings (SSSR count). The predicted molar refractivity (Wildman–Crippen MR) is 525 cm³/mol. The molecule has 1 saturated carbocycles. The average molecular weight is 2100 g/mol. The van der Waals surface area contributed by atoms with Crippen LogP contribution in [0.15, 0.2) is 166 Å². The third kappa shape index (κ3) is 25.8. The van der Waals surface area contributed by atoms with Crippen LogP contribution >= 0.6 is 0 Å². The molecule has 0 radical (unpaired) electrons. The number of carbonyl (C=O) groups excluding carboxylic acids is 2. The highest BCUT2D eigenvalue weighted by molar-refractivity contribution is 7.89. The van der Waals surface area contributed by atoms with Crippen LogP contribution in [0.3, 0.4) is 0 Å². The molecule has 44 nitrogen and oxygen atoms in total. The highest BCUT2D eigenvalue weighted by Crippen LogP contribution is 2.37. The summed E-state index contributed by atoms with van der Waals surface area (Å²) in [6.07, 6.45) is 15.9. The monoisotopic (exact) mass is 2100 g/mol. The fourth-order valence-corrected chi connectivity index (χ4v) is 19.9. The van der Waals surface area contributed by atoms with E-state index in [1.54, 1.807) is 55.2 Å². The van der Waals surface area contributed by atoms with Gasteiger partial charge < -0.3 is 46.2 Å². The van der Waals surface area contributed by atoms with E-state index >= 15 is 0 Å². The number of hydrogen-bond acceptors (Lipinski definition) is 32. The van der Waals surface area contributed by atoms with E-state index in [4.69, 9.17) is 10.9 Å². The molecular formula is C93H102F10N38O6S2. The van der Waals surface area contributed by atoms with Crippen molar-refractivity contribution >= 4 is 89.4 Å². The lowest BCUT2D eigenvalue weighted by molar-refractivity contribution is 0.144. The summed E-state index contributed by atoms with van der Waals surface area (Å²) in [5, 5.41) is 40.8. The summed E-state index contributed by atoms with van der Waals surface area (Å²) < 4.78 is 186. The maximum absolute atomic E-state index is 13.1. The molecule has 5 aliphatic heterocycles. The Morgan fingerprint density at radius 3 is 1.14 bits per heavy atom. The van der Waals surface area contributed by atoms with Crippen LogP contribution in [-0.4, -0.2) is 264 Å². The summed E-state index contributed by atoms with van der Waals surface area (Å²) in [4.78, 5) is 97.8. The molecule has 56 heteroatoms. The number of amides is 4. The quantitative estimate of drug-likeness (QED) is 0.0248. The third-order valence-electron chi connectivity index (χ3n) is 26.1. The predicted octanol–water partition coefficient (Wildman–Crippen LogP) is 11.4.